The van der Waals surface area contributed by atoms with E-state index in [2.05, 4.69) is 157 Å². The number of methoxy groups -OCH3 is 2. The molecule has 15 nitrogen and oxygen atoms in total. The maximum Gasteiger partial charge on any atom is 0.170 e. The minimum absolute atomic E-state index is 0.195. The third-order valence-electron chi connectivity index (χ3n) is 16.1. The predicted octanol–water partition coefficient (Wildman–Crippen LogP) is 9.85. The molecule has 4 aliphatic rings. The molecule has 2 fully saturated rings. The van der Waals surface area contributed by atoms with Gasteiger partial charge in [0.15, 0.2) is 6.29 Å². The second-order valence-electron chi connectivity index (χ2n) is 21.1. The van der Waals surface area contributed by atoms with E-state index in [0.29, 0.717) is 17.8 Å². The summed E-state index contributed by atoms with van der Waals surface area (Å²) in [5.41, 5.74) is 11.2. The average molecular weight is 1040 g/mol. The van der Waals surface area contributed by atoms with E-state index >= 15 is 0 Å². The van der Waals surface area contributed by atoms with Crippen molar-refractivity contribution in [3.63, 3.8) is 0 Å². The summed E-state index contributed by atoms with van der Waals surface area (Å²) >= 11 is 0. The van der Waals surface area contributed by atoms with Gasteiger partial charge in [-0.05, 0) is 149 Å². The van der Waals surface area contributed by atoms with Crippen LogP contribution >= 0.6 is 0 Å². The lowest BCUT2D eigenvalue weighted by Gasteiger charge is -2.38. The van der Waals surface area contributed by atoms with Crippen LogP contribution in [0, 0.1) is 0 Å². The molecule has 0 unspecified atom stereocenters. The number of ether oxygens (including phenoxy) is 2. The Hall–Kier alpha value is -7.17. The molecule has 0 bridgehead atoms. The average Bonchev–Trinajstić information content (AvgIpc) is 4.13. The summed E-state index contributed by atoms with van der Waals surface area (Å²) in [6.07, 6.45) is 15.6. The lowest BCUT2D eigenvalue weighted by atomic mass is 9.89. The fourth-order valence-electron chi connectivity index (χ4n) is 11.5. The third kappa shape index (κ3) is 12.5. The van der Waals surface area contributed by atoms with Crippen molar-refractivity contribution in [2.75, 3.05) is 90.5 Å². The molecule has 4 atom stereocenters. The molecule has 0 radical (unpaired) electrons. The number of carbonyl (C=O) groups excluding carboxylic acids is 1. The zero-order valence-electron chi connectivity index (χ0n) is 45.8. The quantitative estimate of drug-likeness (QED) is 0.110. The van der Waals surface area contributed by atoms with Gasteiger partial charge in [-0.2, -0.15) is 0 Å². The van der Waals surface area contributed by atoms with Crippen LogP contribution < -0.4 is 24.6 Å². The summed E-state index contributed by atoms with van der Waals surface area (Å²) in [7, 11) is 7.75. The van der Waals surface area contributed by atoms with E-state index in [-0.39, 0.29) is 12.1 Å². The van der Waals surface area contributed by atoms with Crippen molar-refractivity contribution in [1.82, 2.24) is 48.8 Å². The first-order chi connectivity index (χ1) is 37.7. The summed E-state index contributed by atoms with van der Waals surface area (Å²) in [6, 6.07) is 38.9. The van der Waals surface area contributed by atoms with Crippen LogP contribution in [-0.4, -0.2) is 130 Å². The second-order valence-corrected chi connectivity index (χ2v) is 21.1. The van der Waals surface area contributed by atoms with E-state index in [1.807, 2.05) is 47.1 Å². The number of aromatic nitrogens is 6. The highest BCUT2D eigenvalue weighted by Gasteiger charge is 2.32. The van der Waals surface area contributed by atoms with E-state index in [9.17, 15) is 4.79 Å². The van der Waals surface area contributed by atoms with Gasteiger partial charge in [-0.15, -0.1) is 0 Å². The van der Waals surface area contributed by atoms with Crippen LogP contribution in [0.1, 0.15) is 114 Å². The van der Waals surface area contributed by atoms with Crippen LogP contribution in [0.5, 0.6) is 11.5 Å². The van der Waals surface area contributed by atoms with E-state index in [1.165, 1.54) is 52.3 Å². The molecule has 0 amide bonds. The highest BCUT2D eigenvalue weighted by atomic mass is 16.5. The number of hydrogen-bond donors (Lipinski definition) is 1. The van der Waals surface area contributed by atoms with Gasteiger partial charge in [-0.1, -0.05) is 48.5 Å². The van der Waals surface area contributed by atoms with Gasteiger partial charge >= 0.3 is 0 Å². The van der Waals surface area contributed by atoms with Crippen LogP contribution in [0.2, 0.25) is 0 Å². The minimum Gasteiger partial charge on any atom is -0.497 e. The lowest BCUT2D eigenvalue weighted by Crippen LogP contribution is -2.45. The Morgan fingerprint density at radius 3 is 1.74 bits per heavy atom. The number of aryl methyl sites for hydroxylation is 2. The topological polar surface area (TPSA) is 124 Å². The van der Waals surface area contributed by atoms with Crippen LogP contribution in [-0.2, 0) is 19.4 Å². The Morgan fingerprint density at radius 2 is 1.16 bits per heavy atom. The number of piperazine rings is 2. The number of benzene rings is 2. The summed E-state index contributed by atoms with van der Waals surface area (Å²) in [5, 5.41) is 3.73. The monoisotopic (exact) mass is 1040 g/mol. The van der Waals surface area contributed by atoms with Crippen molar-refractivity contribution < 1.29 is 14.3 Å². The van der Waals surface area contributed by atoms with Crippen molar-refractivity contribution >= 4 is 29.2 Å². The first-order valence-electron chi connectivity index (χ1n) is 27.6. The minimum atomic E-state index is 0.195. The zero-order chi connectivity index (χ0) is 53.3. The number of nitrogens with one attached hydrogen (secondary N) is 1. The van der Waals surface area contributed by atoms with Crippen LogP contribution in [0.4, 0.5) is 11.6 Å². The van der Waals surface area contributed by atoms with Crippen molar-refractivity contribution in [1.29, 1.82) is 0 Å². The Bertz CT molecular complexity index is 3180. The van der Waals surface area contributed by atoms with Gasteiger partial charge in [0.05, 0.1) is 43.4 Å². The molecule has 0 spiro atoms. The molecule has 6 aromatic heterocycles. The number of rotatable bonds is 13. The van der Waals surface area contributed by atoms with E-state index in [1.54, 1.807) is 20.4 Å². The number of aldehydes is 1. The van der Waals surface area contributed by atoms with Crippen molar-refractivity contribution in [2.45, 2.75) is 83.1 Å². The number of hydrogen-bond acceptors (Lipinski definition) is 13. The Kier molecular flexibility index (Phi) is 17.2. The maximum absolute atomic E-state index is 10.8. The molecule has 2 aliphatic heterocycles. The fourth-order valence-corrected chi connectivity index (χ4v) is 11.5. The molecular weight excluding hydrogens is 961 g/mol. The molecule has 402 valence electrons. The molecule has 8 heterocycles. The maximum atomic E-state index is 10.8. The van der Waals surface area contributed by atoms with Gasteiger partial charge in [0.1, 0.15) is 40.1 Å². The van der Waals surface area contributed by atoms with Crippen molar-refractivity contribution in [3.05, 3.63) is 179 Å². The highest BCUT2D eigenvalue weighted by molar-refractivity contribution is 5.74. The van der Waals surface area contributed by atoms with Crippen LogP contribution in [0.15, 0.2) is 134 Å². The molecule has 15 heteroatoms. The summed E-state index contributed by atoms with van der Waals surface area (Å²) < 4.78 is 14.9. The zero-order valence-corrected chi connectivity index (χ0v) is 45.8. The van der Waals surface area contributed by atoms with E-state index in [4.69, 9.17) is 19.4 Å². The Labute approximate surface area is 454 Å². The molecule has 8 aromatic rings. The number of nitrogens with zero attached hydrogens (tertiary/aromatic N) is 11. The van der Waals surface area contributed by atoms with Gasteiger partial charge < -0.3 is 34.4 Å². The van der Waals surface area contributed by atoms with E-state index in [0.717, 1.165) is 125 Å². The van der Waals surface area contributed by atoms with Crippen molar-refractivity contribution in [3.8, 4) is 11.5 Å². The largest absolute Gasteiger partial charge is 0.497 e. The normalized spacial score (nSPS) is 18.6. The highest BCUT2D eigenvalue weighted by Crippen LogP contribution is 2.39. The second kappa shape index (κ2) is 24.9. The summed E-state index contributed by atoms with van der Waals surface area (Å²) in [5.74, 6) is 4.12. The number of anilines is 2. The smallest absolute Gasteiger partial charge is 0.170 e. The van der Waals surface area contributed by atoms with Crippen LogP contribution in [0.25, 0.3) is 11.3 Å². The number of likely N-dealkylation sites (N-methyl/N-ethyl adjacent to an activating group) is 2. The standard InChI is InChI=1S/C31H38N6O.C18H22N2O.C13H16N4O/c1-23(24-12-14-27(38-3)15-13-24)36(28-9-4-7-25-8-6-16-32-31(25)28)21-26-22-37-29(33-26)10-5-11-30(37)35-19-17-34(2)18-20-35;1-13(14-8-10-16(21-2)11-9-14)20-17-7-3-5-15-6-4-12-19-18(15)17;1-15-5-7-16(8-6-15)13-4-2-3-12-14-11(10-18)9-17(12)13/h5-6,8,10-16,22-23,28H,4,7,9,17-21H2,1-3H3;4,6,8-13,17,20H,3,5,7H2,1-2H3;2-4,9-10H,5-8H2,1H3/t23-,28-;13-,17-;/m00./s1. The summed E-state index contributed by atoms with van der Waals surface area (Å²) in [6.45, 7) is 13.6. The van der Waals surface area contributed by atoms with Gasteiger partial charge in [-0.25, -0.2) is 9.97 Å². The number of pyridine rings is 4. The third-order valence-corrected chi connectivity index (χ3v) is 16.1. The molecule has 2 aromatic carbocycles. The number of fused-ring (bicyclic) bond motifs is 4. The van der Waals surface area contributed by atoms with Gasteiger partial charge in [0, 0.05) is 95.8 Å². The lowest BCUT2D eigenvalue weighted by molar-refractivity contribution is 0.111. The first kappa shape index (κ1) is 53.2. The summed E-state index contributed by atoms with van der Waals surface area (Å²) in [4.78, 5) is 41.8. The number of carbonyl (C=O) groups is 1. The molecule has 2 saturated heterocycles. The predicted molar refractivity (Wildman–Crippen MR) is 307 cm³/mol. The van der Waals surface area contributed by atoms with E-state index < -0.39 is 0 Å². The number of imidazole rings is 2. The first-order valence-corrected chi connectivity index (χ1v) is 27.6. The molecule has 0 saturated carbocycles. The molecule has 12 rings (SSSR count). The van der Waals surface area contributed by atoms with Crippen molar-refractivity contribution in [2.24, 2.45) is 0 Å². The Morgan fingerprint density at radius 1 is 0.623 bits per heavy atom. The van der Waals surface area contributed by atoms with Gasteiger partial charge in [0.25, 0.3) is 0 Å². The van der Waals surface area contributed by atoms with Gasteiger partial charge in [-0.3, -0.25) is 28.5 Å². The molecule has 2 aliphatic carbocycles. The Balaban J connectivity index is 0.000000145. The SMILES string of the molecule is CN1CCN(c2cccc3nc(C=O)cn23)CC1.COc1ccc([C@H](C)N(Cc2cn3c(N4CCN(C)CC4)cccc3n2)[C@H]2CCCc3cccnc32)cc1.COc1ccc([C@H](C)N[C@H]2CCCc3cccnc32)cc1. The molecule has 1 N–H and O–H groups in total. The fraction of sp³-hybridized carbons (Fsp3) is 0.403. The molecule has 77 heavy (non-hydrogen) atoms. The van der Waals surface area contributed by atoms with Crippen LogP contribution in [0.3, 0.4) is 0 Å². The molecular formula is C62H76N12O3. The van der Waals surface area contributed by atoms with Gasteiger partial charge in [0.2, 0.25) is 0 Å².